The van der Waals surface area contributed by atoms with Crippen LogP contribution in [0.2, 0.25) is 0 Å². The van der Waals surface area contributed by atoms with Gasteiger partial charge >= 0.3 is 0 Å². The Hall–Kier alpha value is -1.40. The lowest BCUT2D eigenvalue weighted by molar-refractivity contribution is -0.112. The molecule has 0 aromatic heterocycles. The van der Waals surface area contributed by atoms with E-state index in [0.717, 1.165) is 23.2 Å². The van der Waals surface area contributed by atoms with Gasteiger partial charge in [0.15, 0.2) is 0 Å². The van der Waals surface area contributed by atoms with E-state index >= 15 is 0 Å². The number of aliphatic hydroxyl groups is 1. The molecule has 2 heterocycles. The highest BCUT2D eigenvalue weighted by Crippen LogP contribution is 2.37. The lowest BCUT2D eigenvalue weighted by atomic mass is 9.93. The van der Waals surface area contributed by atoms with Crippen molar-refractivity contribution in [2.75, 3.05) is 23.3 Å². The molecule has 106 valence electrons. The first-order valence-corrected chi connectivity index (χ1v) is 7.33. The number of halogens is 1. The molecule has 0 aliphatic carbocycles. The van der Waals surface area contributed by atoms with Gasteiger partial charge in [-0.3, -0.25) is 9.59 Å². The van der Waals surface area contributed by atoms with Crippen molar-refractivity contribution in [2.45, 2.75) is 25.4 Å². The number of amides is 1. The van der Waals surface area contributed by atoms with Gasteiger partial charge in [0.2, 0.25) is 0 Å². The van der Waals surface area contributed by atoms with E-state index in [1.165, 1.54) is 0 Å². The first-order valence-electron chi connectivity index (χ1n) is 6.54. The summed E-state index contributed by atoms with van der Waals surface area (Å²) in [7, 11) is 0. The maximum absolute atomic E-state index is 11.6. The summed E-state index contributed by atoms with van der Waals surface area (Å²) in [5, 5.41) is 12.6. The minimum atomic E-state index is -0.607. The van der Waals surface area contributed by atoms with Crippen molar-refractivity contribution in [3.05, 3.63) is 22.2 Å². The predicted octanol–water partition coefficient (Wildman–Crippen LogP) is 1.94. The molecule has 1 fully saturated rings. The Morgan fingerprint density at radius 1 is 1.30 bits per heavy atom. The number of carbonyl (C=O) groups is 2. The van der Waals surface area contributed by atoms with E-state index < -0.39 is 17.3 Å². The molecular formula is C14H15BrN2O3. The molecule has 2 N–H and O–H groups in total. The van der Waals surface area contributed by atoms with Crippen LogP contribution in [0.5, 0.6) is 0 Å². The third kappa shape index (κ3) is 2.23. The Morgan fingerprint density at radius 3 is 2.60 bits per heavy atom. The number of piperidine rings is 1. The zero-order chi connectivity index (χ0) is 14.5. The van der Waals surface area contributed by atoms with E-state index in [0.29, 0.717) is 24.1 Å². The van der Waals surface area contributed by atoms with E-state index in [4.69, 9.17) is 0 Å². The fourth-order valence-corrected chi connectivity index (χ4v) is 3.22. The van der Waals surface area contributed by atoms with Crippen molar-refractivity contribution in [1.82, 2.24) is 0 Å². The zero-order valence-electron chi connectivity index (χ0n) is 11.1. The summed E-state index contributed by atoms with van der Waals surface area (Å²) in [6.45, 7) is 3.33. The van der Waals surface area contributed by atoms with Crippen molar-refractivity contribution in [1.29, 1.82) is 0 Å². The van der Waals surface area contributed by atoms with Crippen molar-refractivity contribution in [3.8, 4) is 0 Å². The Morgan fingerprint density at radius 2 is 1.95 bits per heavy atom. The van der Waals surface area contributed by atoms with Gasteiger partial charge in [0.25, 0.3) is 11.7 Å². The highest BCUT2D eigenvalue weighted by atomic mass is 79.9. The van der Waals surface area contributed by atoms with Crippen LogP contribution in [-0.4, -0.2) is 35.5 Å². The lowest BCUT2D eigenvalue weighted by Crippen LogP contribution is -2.42. The summed E-state index contributed by atoms with van der Waals surface area (Å²) < 4.78 is 0.794. The van der Waals surface area contributed by atoms with Gasteiger partial charge in [0.05, 0.1) is 22.5 Å². The first kappa shape index (κ1) is 13.6. The number of fused-ring (bicyclic) bond motifs is 1. The number of ketones is 1. The van der Waals surface area contributed by atoms with E-state index in [1.54, 1.807) is 6.07 Å². The van der Waals surface area contributed by atoms with Gasteiger partial charge in [-0.25, -0.2) is 0 Å². The van der Waals surface area contributed by atoms with Crippen LogP contribution in [0.25, 0.3) is 0 Å². The van der Waals surface area contributed by atoms with Crippen LogP contribution in [0.1, 0.15) is 30.1 Å². The van der Waals surface area contributed by atoms with Gasteiger partial charge < -0.3 is 15.3 Å². The molecule has 0 unspecified atom stereocenters. The van der Waals surface area contributed by atoms with Gasteiger partial charge in [-0.2, -0.15) is 0 Å². The molecule has 0 spiro atoms. The Kier molecular flexibility index (Phi) is 3.10. The molecule has 3 rings (SSSR count). The second-order valence-electron chi connectivity index (χ2n) is 5.62. The summed E-state index contributed by atoms with van der Waals surface area (Å²) in [4.78, 5) is 25.2. The van der Waals surface area contributed by atoms with Crippen LogP contribution >= 0.6 is 15.9 Å². The van der Waals surface area contributed by atoms with Crippen molar-refractivity contribution in [2.24, 2.45) is 0 Å². The third-order valence-corrected chi connectivity index (χ3v) is 4.60. The standard InChI is InChI=1S/C14H15BrN2O3/c1-14(20)2-4-17(5-3-14)11-7-10-8(6-9(11)15)12(18)13(19)16-10/h6-7,20H,2-5H2,1H3,(H,16,18,19). The number of rotatable bonds is 1. The fourth-order valence-electron chi connectivity index (χ4n) is 2.63. The minimum Gasteiger partial charge on any atom is -0.390 e. The summed E-state index contributed by atoms with van der Waals surface area (Å²) >= 11 is 3.47. The van der Waals surface area contributed by atoms with Crippen LogP contribution in [0, 0.1) is 0 Å². The molecule has 0 bridgehead atoms. The Balaban J connectivity index is 1.91. The number of nitrogens with zero attached hydrogens (tertiary/aromatic N) is 1. The number of carbonyl (C=O) groups excluding carboxylic acids is 2. The van der Waals surface area contributed by atoms with Crippen LogP contribution in [-0.2, 0) is 4.79 Å². The number of hydrogen-bond donors (Lipinski definition) is 2. The SMILES string of the molecule is CC1(O)CCN(c2cc3c(cc2Br)C(=O)C(=O)N3)CC1. The number of Topliss-reactive ketones (excluding diaryl/α,β-unsaturated/α-hetero) is 1. The molecule has 5 nitrogen and oxygen atoms in total. The highest BCUT2D eigenvalue weighted by molar-refractivity contribution is 9.10. The molecule has 2 aliphatic heterocycles. The van der Waals surface area contributed by atoms with E-state index in [9.17, 15) is 14.7 Å². The van der Waals surface area contributed by atoms with Gasteiger partial charge in [-0.1, -0.05) is 0 Å². The van der Waals surface area contributed by atoms with Crippen LogP contribution in [0.4, 0.5) is 11.4 Å². The number of anilines is 2. The largest absolute Gasteiger partial charge is 0.390 e. The summed E-state index contributed by atoms with van der Waals surface area (Å²) in [6, 6.07) is 3.51. The van der Waals surface area contributed by atoms with Gasteiger partial charge in [-0.05, 0) is 47.8 Å². The van der Waals surface area contributed by atoms with Crippen LogP contribution < -0.4 is 10.2 Å². The third-order valence-electron chi connectivity index (χ3n) is 3.97. The van der Waals surface area contributed by atoms with Crippen LogP contribution in [0.15, 0.2) is 16.6 Å². The quantitative estimate of drug-likeness (QED) is 0.767. The molecular weight excluding hydrogens is 324 g/mol. The minimum absolute atomic E-state index is 0.412. The maximum Gasteiger partial charge on any atom is 0.296 e. The zero-order valence-corrected chi connectivity index (χ0v) is 12.7. The number of hydrogen-bond acceptors (Lipinski definition) is 4. The molecule has 1 aromatic rings. The molecule has 1 amide bonds. The molecule has 1 saturated heterocycles. The van der Waals surface area contributed by atoms with Gasteiger partial charge in [-0.15, -0.1) is 0 Å². The number of benzene rings is 1. The molecule has 6 heteroatoms. The molecule has 20 heavy (non-hydrogen) atoms. The van der Waals surface area contributed by atoms with E-state index in [1.807, 2.05) is 13.0 Å². The van der Waals surface area contributed by atoms with E-state index in [-0.39, 0.29) is 0 Å². The van der Waals surface area contributed by atoms with Crippen LogP contribution in [0.3, 0.4) is 0 Å². The molecule has 0 atom stereocenters. The molecule has 0 saturated carbocycles. The van der Waals surface area contributed by atoms with Crippen molar-refractivity contribution < 1.29 is 14.7 Å². The average Bonchev–Trinajstić information content (AvgIpc) is 2.65. The molecule has 1 aromatic carbocycles. The first-order chi connectivity index (χ1) is 9.37. The van der Waals surface area contributed by atoms with Crippen molar-refractivity contribution in [3.63, 3.8) is 0 Å². The maximum atomic E-state index is 11.6. The monoisotopic (exact) mass is 338 g/mol. The summed E-state index contributed by atoms with van der Waals surface area (Å²) in [6.07, 6.45) is 1.39. The average molecular weight is 339 g/mol. The predicted molar refractivity (Wildman–Crippen MR) is 79.2 cm³/mol. The smallest absolute Gasteiger partial charge is 0.296 e. The highest BCUT2D eigenvalue weighted by Gasteiger charge is 2.32. The molecule has 2 aliphatic rings. The Labute approximate surface area is 125 Å². The van der Waals surface area contributed by atoms with Gasteiger partial charge in [0, 0.05) is 17.6 Å². The molecule has 0 radical (unpaired) electrons. The topological polar surface area (TPSA) is 69.6 Å². The fraction of sp³-hybridized carbons (Fsp3) is 0.429. The van der Waals surface area contributed by atoms with Crippen molar-refractivity contribution >= 4 is 39.0 Å². The normalized spacial score (nSPS) is 20.9. The van der Waals surface area contributed by atoms with E-state index in [2.05, 4.69) is 26.1 Å². The lowest BCUT2D eigenvalue weighted by Gasteiger charge is -2.37. The summed E-state index contributed by atoms with van der Waals surface area (Å²) in [5.41, 5.74) is 1.31. The van der Waals surface area contributed by atoms with Gasteiger partial charge in [0.1, 0.15) is 0 Å². The second-order valence-corrected chi connectivity index (χ2v) is 6.47. The summed E-state index contributed by atoms with van der Waals surface area (Å²) in [5.74, 6) is -1.07. The number of nitrogens with one attached hydrogen (secondary N) is 1. The Bertz CT molecular complexity index is 603. The second kappa shape index (κ2) is 4.56.